The lowest BCUT2D eigenvalue weighted by Crippen LogP contribution is -2.21. The molecule has 0 radical (unpaired) electrons. The molecule has 0 fully saturated rings. The Labute approximate surface area is 120 Å². The normalized spacial score (nSPS) is 11.6. The number of nitrogen functional groups attached to an aromatic ring is 1. The van der Waals surface area contributed by atoms with Crippen molar-refractivity contribution in [2.75, 3.05) is 5.73 Å². The SMILES string of the molecule is Nc1nc(C(F)(F)F)c(Sc2ccc(Cl)cc2)c(=O)[nH]1. The molecule has 0 unspecified atom stereocenters. The van der Waals surface area contributed by atoms with Crippen LogP contribution in [0.3, 0.4) is 0 Å². The molecular formula is C11H7ClF3N3OS. The van der Waals surface area contributed by atoms with Gasteiger partial charge in [0.15, 0.2) is 5.69 Å². The maximum atomic E-state index is 12.9. The van der Waals surface area contributed by atoms with Gasteiger partial charge in [0.05, 0.1) is 0 Å². The Morgan fingerprint density at radius 3 is 2.40 bits per heavy atom. The van der Waals surface area contributed by atoms with E-state index in [0.717, 1.165) is 0 Å². The van der Waals surface area contributed by atoms with Crippen LogP contribution in [0.25, 0.3) is 0 Å². The molecule has 0 aliphatic heterocycles. The second kappa shape index (κ2) is 5.37. The van der Waals surface area contributed by atoms with Crippen molar-refractivity contribution in [3.05, 3.63) is 45.3 Å². The first kappa shape index (κ1) is 14.7. The van der Waals surface area contributed by atoms with E-state index in [0.29, 0.717) is 21.7 Å². The number of aromatic amines is 1. The molecule has 2 aromatic rings. The van der Waals surface area contributed by atoms with E-state index >= 15 is 0 Å². The van der Waals surface area contributed by atoms with Crippen molar-refractivity contribution in [3.63, 3.8) is 0 Å². The minimum Gasteiger partial charge on any atom is -0.369 e. The van der Waals surface area contributed by atoms with E-state index in [1.54, 1.807) is 0 Å². The summed E-state index contributed by atoms with van der Waals surface area (Å²) in [7, 11) is 0. The Balaban J connectivity index is 2.50. The van der Waals surface area contributed by atoms with Gasteiger partial charge in [0.1, 0.15) is 4.90 Å². The lowest BCUT2D eigenvalue weighted by molar-refractivity contribution is -0.143. The molecule has 0 bridgehead atoms. The Morgan fingerprint density at radius 1 is 1.25 bits per heavy atom. The summed E-state index contributed by atoms with van der Waals surface area (Å²) in [5.41, 5.74) is 2.90. The predicted octanol–water partition coefficient (Wildman–Crippen LogP) is 3.18. The summed E-state index contributed by atoms with van der Waals surface area (Å²) in [5.74, 6) is -0.581. The summed E-state index contributed by atoms with van der Waals surface area (Å²) in [6.07, 6.45) is -4.77. The molecule has 4 nitrogen and oxygen atoms in total. The van der Waals surface area contributed by atoms with Crippen molar-refractivity contribution >= 4 is 29.3 Å². The van der Waals surface area contributed by atoms with Gasteiger partial charge in [-0.2, -0.15) is 13.2 Å². The van der Waals surface area contributed by atoms with Crippen molar-refractivity contribution in [2.45, 2.75) is 16.0 Å². The quantitative estimate of drug-likeness (QED) is 0.891. The number of hydrogen-bond acceptors (Lipinski definition) is 4. The monoisotopic (exact) mass is 321 g/mol. The van der Waals surface area contributed by atoms with Gasteiger partial charge >= 0.3 is 6.18 Å². The molecule has 1 aromatic carbocycles. The van der Waals surface area contributed by atoms with Crippen LogP contribution in [0, 0.1) is 0 Å². The van der Waals surface area contributed by atoms with Crippen molar-refractivity contribution in [2.24, 2.45) is 0 Å². The van der Waals surface area contributed by atoms with Crippen LogP contribution in [-0.2, 0) is 6.18 Å². The predicted molar refractivity (Wildman–Crippen MR) is 69.8 cm³/mol. The fourth-order valence-corrected chi connectivity index (χ4v) is 2.42. The molecule has 106 valence electrons. The van der Waals surface area contributed by atoms with Crippen LogP contribution in [0.5, 0.6) is 0 Å². The lowest BCUT2D eigenvalue weighted by Gasteiger charge is -2.11. The van der Waals surface area contributed by atoms with E-state index in [9.17, 15) is 18.0 Å². The number of nitrogens with zero attached hydrogens (tertiary/aromatic N) is 1. The van der Waals surface area contributed by atoms with Crippen LogP contribution in [-0.4, -0.2) is 9.97 Å². The van der Waals surface area contributed by atoms with E-state index in [1.165, 1.54) is 24.3 Å². The molecule has 0 aliphatic rings. The number of halogens is 4. The largest absolute Gasteiger partial charge is 0.434 e. The third-order valence-corrected chi connectivity index (χ3v) is 3.54. The van der Waals surface area contributed by atoms with E-state index in [4.69, 9.17) is 17.3 Å². The lowest BCUT2D eigenvalue weighted by atomic mass is 10.4. The highest BCUT2D eigenvalue weighted by Gasteiger charge is 2.37. The Hall–Kier alpha value is -1.67. The first-order chi connectivity index (χ1) is 9.27. The average Bonchev–Trinajstić information content (AvgIpc) is 2.33. The van der Waals surface area contributed by atoms with Gasteiger partial charge in [-0.15, -0.1) is 0 Å². The number of nitrogens with one attached hydrogen (secondary N) is 1. The smallest absolute Gasteiger partial charge is 0.369 e. The zero-order valence-electron chi connectivity index (χ0n) is 9.66. The maximum Gasteiger partial charge on any atom is 0.434 e. The molecule has 0 saturated heterocycles. The number of hydrogen-bond donors (Lipinski definition) is 2. The minimum atomic E-state index is -4.77. The number of benzene rings is 1. The van der Waals surface area contributed by atoms with Gasteiger partial charge in [-0.3, -0.25) is 9.78 Å². The first-order valence-electron chi connectivity index (χ1n) is 5.18. The molecule has 1 aromatic heterocycles. The molecule has 0 aliphatic carbocycles. The zero-order chi connectivity index (χ0) is 14.9. The summed E-state index contributed by atoms with van der Waals surface area (Å²) in [6.45, 7) is 0. The molecule has 3 N–H and O–H groups in total. The highest BCUT2D eigenvalue weighted by atomic mass is 35.5. The number of nitrogens with two attached hydrogens (primary N) is 1. The average molecular weight is 322 g/mol. The number of alkyl halides is 3. The van der Waals surface area contributed by atoms with Gasteiger partial charge < -0.3 is 5.73 Å². The molecule has 0 amide bonds. The van der Waals surface area contributed by atoms with E-state index in [2.05, 4.69) is 4.98 Å². The van der Waals surface area contributed by atoms with Crippen LogP contribution in [0.1, 0.15) is 5.69 Å². The van der Waals surface area contributed by atoms with Gasteiger partial charge in [-0.25, -0.2) is 4.98 Å². The Bertz CT molecular complexity index is 685. The van der Waals surface area contributed by atoms with E-state index in [1.807, 2.05) is 4.98 Å². The fourth-order valence-electron chi connectivity index (χ4n) is 1.39. The molecule has 0 spiro atoms. The van der Waals surface area contributed by atoms with Crippen LogP contribution in [0.15, 0.2) is 38.9 Å². The van der Waals surface area contributed by atoms with Crippen molar-refractivity contribution in [1.82, 2.24) is 9.97 Å². The van der Waals surface area contributed by atoms with Gasteiger partial charge in [0, 0.05) is 9.92 Å². The third kappa shape index (κ3) is 3.26. The van der Waals surface area contributed by atoms with Gasteiger partial charge in [0.2, 0.25) is 5.95 Å². The fraction of sp³-hybridized carbons (Fsp3) is 0.0909. The molecule has 0 saturated carbocycles. The third-order valence-electron chi connectivity index (χ3n) is 2.20. The number of H-pyrrole nitrogens is 1. The number of rotatable bonds is 2. The molecule has 20 heavy (non-hydrogen) atoms. The zero-order valence-corrected chi connectivity index (χ0v) is 11.2. The number of anilines is 1. The van der Waals surface area contributed by atoms with Crippen molar-refractivity contribution in [3.8, 4) is 0 Å². The van der Waals surface area contributed by atoms with E-state index in [-0.39, 0.29) is 0 Å². The van der Waals surface area contributed by atoms with E-state index < -0.39 is 28.3 Å². The Morgan fingerprint density at radius 2 is 1.85 bits per heavy atom. The molecule has 2 rings (SSSR count). The Kier molecular flexibility index (Phi) is 3.96. The summed E-state index contributed by atoms with van der Waals surface area (Å²) in [6, 6.07) is 6.03. The highest BCUT2D eigenvalue weighted by Crippen LogP contribution is 2.36. The second-order valence-corrected chi connectivity index (χ2v) is 5.20. The summed E-state index contributed by atoms with van der Waals surface area (Å²) in [5, 5.41) is 0.440. The molecular weight excluding hydrogens is 315 g/mol. The molecule has 0 atom stereocenters. The van der Waals surface area contributed by atoms with Gasteiger partial charge in [0.25, 0.3) is 5.56 Å². The molecule has 1 heterocycles. The highest BCUT2D eigenvalue weighted by molar-refractivity contribution is 7.99. The van der Waals surface area contributed by atoms with Crippen LogP contribution >= 0.6 is 23.4 Å². The minimum absolute atomic E-state index is 0.428. The van der Waals surface area contributed by atoms with Crippen LogP contribution < -0.4 is 11.3 Å². The van der Waals surface area contributed by atoms with Gasteiger partial charge in [-0.1, -0.05) is 23.4 Å². The topological polar surface area (TPSA) is 71.8 Å². The van der Waals surface area contributed by atoms with Gasteiger partial charge in [-0.05, 0) is 24.3 Å². The standard InChI is InChI=1S/C11H7ClF3N3OS/c12-5-1-3-6(4-2-5)20-7-8(11(13,14)15)17-10(16)18-9(7)19/h1-4H,(H3,16,17,18,19). The van der Waals surface area contributed by atoms with Crippen molar-refractivity contribution in [1.29, 1.82) is 0 Å². The summed E-state index contributed by atoms with van der Waals surface area (Å²) >= 11 is 6.33. The number of aromatic nitrogens is 2. The first-order valence-corrected chi connectivity index (χ1v) is 6.37. The second-order valence-electron chi connectivity index (χ2n) is 3.68. The summed E-state index contributed by atoms with van der Waals surface area (Å²) < 4.78 is 38.6. The summed E-state index contributed by atoms with van der Waals surface area (Å²) in [4.78, 5) is 16.7. The van der Waals surface area contributed by atoms with Crippen LogP contribution in [0.4, 0.5) is 19.1 Å². The maximum absolute atomic E-state index is 12.9. The van der Waals surface area contributed by atoms with Crippen LogP contribution in [0.2, 0.25) is 5.02 Å². The van der Waals surface area contributed by atoms with Crippen molar-refractivity contribution < 1.29 is 13.2 Å². The molecule has 9 heteroatoms.